The third-order valence-electron chi connectivity index (χ3n) is 5.15. The van der Waals surface area contributed by atoms with E-state index in [1.54, 1.807) is 0 Å². The van der Waals surface area contributed by atoms with Gasteiger partial charge in [-0.1, -0.05) is 12.8 Å². The molecule has 0 amide bonds. The lowest BCUT2D eigenvalue weighted by molar-refractivity contribution is 0.0726. The van der Waals surface area contributed by atoms with E-state index in [0.717, 1.165) is 17.3 Å². The van der Waals surface area contributed by atoms with Gasteiger partial charge >= 0.3 is 0 Å². The Balaban J connectivity index is 1.79. The molecule has 2 N–H and O–H groups in total. The normalized spacial score (nSPS) is 41.8. The topological polar surface area (TPSA) is 26.0 Å². The van der Waals surface area contributed by atoms with Crippen molar-refractivity contribution in [3.63, 3.8) is 0 Å². The molecule has 0 aromatic carbocycles. The number of nitrogens with two attached hydrogens (primary N) is 1. The van der Waals surface area contributed by atoms with Crippen molar-refractivity contribution in [1.29, 1.82) is 0 Å². The first-order chi connectivity index (χ1) is 6.80. The van der Waals surface area contributed by atoms with E-state index in [-0.39, 0.29) is 0 Å². The summed E-state index contributed by atoms with van der Waals surface area (Å²) in [5, 5.41) is 0. The van der Waals surface area contributed by atoms with Crippen molar-refractivity contribution in [2.45, 2.75) is 63.8 Å². The molecule has 0 radical (unpaired) electrons. The highest BCUT2D eigenvalue weighted by atomic mass is 14.7. The summed E-state index contributed by atoms with van der Waals surface area (Å²) in [5.41, 5.74) is 6.92. The molecule has 3 saturated carbocycles. The van der Waals surface area contributed by atoms with E-state index >= 15 is 0 Å². The molecule has 0 aromatic rings. The predicted molar refractivity (Wildman–Crippen MR) is 58.9 cm³/mol. The van der Waals surface area contributed by atoms with Gasteiger partial charge in [0, 0.05) is 6.04 Å². The van der Waals surface area contributed by atoms with Gasteiger partial charge in [0.15, 0.2) is 0 Å². The third kappa shape index (κ3) is 1.41. The highest BCUT2D eigenvalue weighted by Gasteiger charge is 2.49. The highest BCUT2D eigenvalue weighted by Crippen LogP contribution is 2.59. The lowest BCUT2D eigenvalue weighted by Crippen LogP contribution is -2.41. The summed E-state index contributed by atoms with van der Waals surface area (Å²) < 4.78 is 0. The van der Waals surface area contributed by atoms with Gasteiger partial charge in [-0.2, -0.15) is 0 Å². The monoisotopic (exact) mass is 193 g/mol. The fraction of sp³-hybridized carbons (Fsp3) is 1.00. The van der Waals surface area contributed by atoms with E-state index in [1.165, 1.54) is 57.8 Å². The average molecular weight is 193 g/mol. The summed E-state index contributed by atoms with van der Waals surface area (Å²) in [6.45, 7) is 0. The maximum atomic E-state index is 6.14. The van der Waals surface area contributed by atoms with Gasteiger partial charge in [-0.15, -0.1) is 0 Å². The third-order valence-corrected chi connectivity index (χ3v) is 5.15. The van der Waals surface area contributed by atoms with Crippen LogP contribution in [0.15, 0.2) is 0 Å². The molecule has 2 atom stereocenters. The highest BCUT2D eigenvalue weighted by molar-refractivity contribution is 5.01. The quantitative estimate of drug-likeness (QED) is 0.680. The summed E-state index contributed by atoms with van der Waals surface area (Å²) in [6.07, 6.45) is 13.2. The first kappa shape index (κ1) is 9.21. The van der Waals surface area contributed by atoms with Crippen LogP contribution in [-0.4, -0.2) is 6.04 Å². The van der Waals surface area contributed by atoms with Gasteiger partial charge < -0.3 is 5.73 Å². The summed E-state index contributed by atoms with van der Waals surface area (Å²) >= 11 is 0. The molecule has 3 fully saturated rings. The Morgan fingerprint density at radius 3 is 2.29 bits per heavy atom. The molecule has 14 heavy (non-hydrogen) atoms. The van der Waals surface area contributed by atoms with Crippen LogP contribution in [0.1, 0.15) is 57.8 Å². The van der Waals surface area contributed by atoms with E-state index in [9.17, 15) is 0 Å². The molecule has 0 aromatic heterocycles. The van der Waals surface area contributed by atoms with Gasteiger partial charge in [-0.25, -0.2) is 0 Å². The van der Waals surface area contributed by atoms with Gasteiger partial charge in [0.2, 0.25) is 0 Å². The van der Waals surface area contributed by atoms with Crippen LogP contribution in [0, 0.1) is 17.3 Å². The Hall–Kier alpha value is -0.0400. The van der Waals surface area contributed by atoms with Crippen LogP contribution >= 0.6 is 0 Å². The van der Waals surface area contributed by atoms with Crippen molar-refractivity contribution in [2.75, 3.05) is 0 Å². The smallest absolute Gasteiger partial charge is 0.00419 e. The number of hydrogen-bond acceptors (Lipinski definition) is 1. The lowest BCUT2D eigenvalue weighted by atomic mass is 9.62. The molecule has 0 bridgehead atoms. The standard InChI is InChI=1S/C13H23N/c14-11-5-8-13(6-1-2-7-13)12(9-11)10-3-4-10/h10-12H,1-9,14H2. The molecule has 1 nitrogen and oxygen atoms in total. The van der Waals surface area contributed by atoms with Crippen LogP contribution in [-0.2, 0) is 0 Å². The SMILES string of the molecule is NC1CCC2(CCCC2)C(C2CC2)C1. The predicted octanol–water partition coefficient (Wildman–Crippen LogP) is 3.08. The Bertz CT molecular complexity index is 213. The molecule has 0 aliphatic heterocycles. The molecule has 80 valence electrons. The van der Waals surface area contributed by atoms with Crippen LogP contribution < -0.4 is 5.73 Å². The Labute approximate surface area is 87.4 Å². The molecule has 3 aliphatic carbocycles. The molecular weight excluding hydrogens is 170 g/mol. The molecular formula is C13H23N. The number of rotatable bonds is 1. The van der Waals surface area contributed by atoms with E-state index in [4.69, 9.17) is 5.73 Å². The molecule has 0 saturated heterocycles. The van der Waals surface area contributed by atoms with Crippen LogP contribution in [0.4, 0.5) is 0 Å². The van der Waals surface area contributed by atoms with E-state index in [2.05, 4.69) is 0 Å². The lowest BCUT2D eigenvalue weighted by Gasteiger charge is -2.44. The fourth-order valence-corrected chi connectivity index (χ4v) is 4.24. The summed E-state index contributed by atoms with van der Waals surface area (Å²) in [6, 6.07) is 0.534. The zero-order chi connectivity index (χ0) is 9.60. The van der Waals surface area contributed by atoms with Gasteiger partial charge in [-0.05, 0) is 62.2 Å². The zero-order valence-electron chi connectivity index (χ0n) is 9.17. The van der Waals surface area contributed by atoms with Crippen molar-refractivity contribution in [2.24, 2.45) is 23.0 Å². The van der Waals surface area contributed by atoms with Crippen molar-refractivity contribution in [3.8, 4) is 0 Å². The number of hydrogen-bond donors (Lipinski definition) is 1. The second-order valence-electron chi connectivity index (χ2n) is 6.05. The van der Waals surface area contributed by atoms with Crippen LogP contribution in [0.2, 0.25) is 0 Å². The largest absolute Gasteiger partial charge is 0.328 e. The fourth-order valence-electron chi connectivity index (χ4n) is 4.24. The Morgan fingerprint density at radius 1 is 0.929 bits per heavy atom. The van der Waals surface area contributed by atoms with Gasteiger partial charge in [0.25, 0.3) is 0 Å². The first-order valence-electron chi connectivity index (χ1n) is 6.56. The maximum absolute atomic E-state index is 6.14. The molecule has 2 unspecified atom stereocenters. The van der Waals surface area contributed by atoms with Gasteiger partial charge in [-0.3, -0.25) is 0 Å². The Morgan fingerprint density at radius 2 is 1.64 bits per heavy atom. The molecule has 3 rings (SSSR count). The van der Waals surface area contributed by atoms with Crippen LogP contribution in [0.3, 0.4) is 0 Å². The zero-order valence-corrected chi connectivity index (χ0v) is 9.17. The van der Waals surface area contributed by atoms with E-state index in [0.29, 0.717) is 6.04 Å². The summed E-state index contributed by atoms with van der Waals surface area (Å²) in [4.78, 5) is 0. The van der Waals surface area contributed by atoms with E-state index in [1.807, 2.05) is 0 Å². The maximum Gasteiger partial charge on any atom is 0.00419 e. The molecule has 3 aliphatic rings. The van der Waals surface area contributed by atoms with Crippen LogP contribution in [0.5, 0.6) is 0 Å². The van der Waals surface area contributed by atoms with E-state index < -0.39 is 0 Å². The first-order valence-corrected chi connectivity index (χ1v) is 6.56. The molecule has 1 heteroatoms. The van der Waals surface area contributed by atoms with Crippen molar-refractivity contribution in [1.82, 2.24) is 0 Å². The molecule has 0 heterocycles. The van der Waals surface area contributed by atoms with Crippen molar-refractivity contribution >= 4 is 0 Å². The minimum Gasteiger partial charge on any atom is -0.328 e. The van der Waals surface area contributed by atoms with Gasteiger partial charge in [0.05, 0.1) is 0 Å². The second-order valence-corrected chi connectivity index (χ2v) is 6.05. The molecule has 1 spiro atoms. The van der Waals surface area contributed by atoms with Crippen LogP contribution in [0.25, 0.3) is 0 Å². The summed E-state index contributed by atoms with van der Waals surface area (Å²) in [5.74, 6) is 2.10. The second kappa shape index (κ2) is 3.23. The minimum atomic E-state index is 0.534. The van der Waals surface area contributed by atoms with Crippen molar-refractivity contribution in [3.05, 3.63) is 0 Å². The summed E-state index contributed by atoms with van der Waals surface area (Å²) in [7, 11) is 0. The minimum absolute atomic E-state index is 0.534. The van der Waals surface area contributed by atoms with Gasteiger partial charge in [0.1, 0.15) is 0 Å². The Kier molecular flexibility index (Phi) is 2.12. The van der Waals surface area contributed by atoms with Crippen molar-refractivity contribution < 1.29 is 0 Å². The average Bonchev–Trinajstić information content (AvgIpc) is 2.92.